The third-order valence-electron chi connectivity index (χ3n) is 2.65. The van der Waals surface area contributed by atoms with Crippen LogP contribution in [0.2, 0.25) is 0 Å². The van der Waals surface area contributed by atoms with Crippen LogP contribution in [0.5, 0.6) is 0 Å². The Morgan fingerprint density at radius 1 is 1.42 bits per heavy atom. The fourth-order valence-electron chi connectivity index (χ4n) is 1.80. The molecule has 1 nitrogen and oxygen atoms in total. The maximum Gasteiger partial charge on any atom is 0.0605 e. The molecule has 1 aliphatic rings. The lowest BCUT2D eigenvalue weighted by molar-refractivity contribution is 0.110. The lowest BCUT2D eigenvalue weighted by atomic mass is 9.88. The van der Waals surface area contributed by atoms with Crippen LogP contribution in [-0.2, 0) is 0 Å². The summed E-state index contributed by atoms with van der Waals surface area (Å²) in [5.74, 6) is 0.449. The molecule has 0 fully saturated rings. The zero-order valence-corrected chi connectivity index (χ0v) is 8.00. The van der Waals surface area contributed by atoms with Gasteiger partial charge >= 0.3 is 0 Å². The highest BCUT2D eigenvalue weighted by atomic mass is 16.3. The second kappa shape index (κ2) is 5.36. The third kappa shape index (κ3) is 2.98. The highest BCUT2D eigenvalue weighted by Gasteiger charge is 2.17. The Balaban J connectivity index is 2.20. The van der Waals surface area contributed by atoms with Crippen molar-refractivity contribution in [2.24, 2.45) is 5.92 Å². The molecular weight excluding hydrogens is 148 g/mol. The van der Waals surface area contributed by atoms with E-state index in [1.165, 1.54) is 25.7 Å². The van der Waals surface area contributed by atoms with Gasteiger partial charge in [-0.1, -0.05) is 38.3 Å². The van der Waals surface area contributed by atoms with E-state index in [9.17, 15) is 5.11 Å². The van der Waals surface area contributed by atoms with E-state index in [1.54, 1.807) is 0 Å². The first kappa shape index (κ1) is 9.79. The molecule has 0 aliphatic heterocycles. The van der Waals surface area contributed by atoms with E-state index in [-0.39, 0.29) is 6.10 Å². The van der Waals surface area contributed by atoms with Crippen LogP contribution in [0.4, 0.5) is 0 Å². The van der Waals surface area contributed by atoms with E-state index in [0.29, 0.717) is 5.92 Å². The second-order valence-corrected chi connectivity index (χ2v) is 3.73. The summed E-state index contributed by atoms with van der Waals surface area (Å²) >= 11 is 0. The van der Waals surface area contributed by atoms with Gasteiger partial charge in [-0.3, -0.25) is 0 Å². The zero-order chi connectivity index (χ0) is 8.81. The second-order valence-electron chi connectivity index (χ2n) is 3.73. The Hall–Kier alpha value is -0.300. The minimum atomic E-state index is -0.0631. The molecule has 1 aliphatic carbocycles. The fraction of sp³-hybridized carbons (Fsp3) is 0.818. The van der Waals surface area contributed by atoms with Crippen LogP contribution in [0, 0.1) is 5.92 Å². The average molecular weight is 168 g/mol. The summed E-state index contributed by atoms with van der Waals surface area (Å²) in [4.78, 5) is 0. The van der Waals surface area contributed by atoms with Crippen LogP contribution < -0.4 is 0 Å². The highest BCUT2D eigenvalue weighted by molar-refractivity contribution is 4.97. The first-order valence-corrected chi connectivity index (χ1v) is 5.19. The third-order valence-corrected chi connectivity index (χ3v) is 2.65. The van der Waals surface area contributed by atoms with E-state index in [2.05, 4.69) is 19.1 Å². The molecule has 0 saturated carbocycles. The summed E-state index contributed by atoms with van der Waals surface area (Å²) in [6.45, 7) is 2.22. The minimum Gasteiger partial charge on any atom is -0.393 e. The van der Waals surface area contributed by atoms with Crippen LogP contribution in [0.15, 0.2) is 12.2 Å². The Morgan fingerprint density at radius 3 is 2.92 bits per heavy atom. The Morgan fingerprint density at radius 2 is 2.25 bits per heavy atom. The molecule has 0 bridgehead atoms. The van der Waals surface area contributed by atoms with Gasteiger partial charge in [0.15, 0.2) is 0 Å². The largest absolute Gasteiger partial charge is 0.393 e. The quantitative estimate of drug-likeness (QED) is 0.505. The molecule has 0 saturated heterocycles. The number of hydrogen-bond donors (Lipinski definition) is 1. The molecule has 1 N–H and O–H groups in total. The fourth-order valence-corrected chi connectivity index (χ4v) is 1.80. The molecule has 0 heterocycles. The van der Waals surface area contributed by atoms with E-state index >= 15 is 0 Å². The van der Waals surface area contributed by atoms with Crippen molar-refractivity contribution in [2.75, 3.05) is 0 Å². The van der Waals surface area contributed by atoms with Crippen LogP contribution in [0.3, 0.4) is 0 Å². The lowest BCUT2D eigenvalue weighted by Gasteiger charge is -2.22. The number of hydrogen-bond acceptors (Lipinski definition) is 1. The van der Waals surface area contributed by atoms with Gasteiger partial charge in [0.2, 0.25) is 0 Å². The maximum absolute atomic E-state index is 9.62. The summed E-state index contributed by atoms with van der Waals surface area (Å²) in [5, 5.41) is 9.62. The van der Waals surface area contributed by atoms with E-state index in [1.807, 2.05) is 0 Å². The van der Waals surface area contributed by atoms with Crippen LogP contribution in [0.1, 0.15) is 45.4 Å². The lowest BCUT2D eigenvalue weighted by Crippen LogP contribution is -2.20. The molecule has 0 spiro atoms. The molecule has 0 amide bonds. The Kier molecular flexibility index (Phi) is 4.37. The SMILES string of the molecule is CCCCC[C@H]1C=CCC[C@H]1O. The normalized spacial score (nSPS) is 29.2. The first-order valence-electron chi connectivity index (χ1n) is 5.19. The molecule has 0 aromatic heterocycles. The predicted octanol–water partition coefficient (Wildman–Crippen LogP) is 2.89. The zero-order valence-electron chi connectivity index (χ0n) is 8.00. The number of unbranched alkanes of at least 4 members (excludes halogenated alkanes) is 2. The summed E-state index contributed by atoms with van der Waals surface area (Å²) in [6.07, 6.45) is 11.4. The van der Waals surface area contributed by atoms with E-state index < -0.39 is 0 Å². The van der Waals surface area contributed by atoms with Crippen molar-refractivity contribution in [3.8, 4) is 0 Å². The van der Waals surface area contributed by atoms with Crippen LogP contribution in [-0.4, -0.2) is 11.2 Å². The van der Waals surface area contributed by atoms with Crippen molar-refractivity contribution in [2.45, 2.75) is 51.6 Å². The molecule has 1 heteroatoms. The van der Waals surface area contributed by atoms with Crippen LogP contribution in [0.25, 0.3) is 0 Å². The van der Waals surface area contributed by atoms with Gasteiger partial charge in [-0.2, -0.15) is 0 Å². The van der Waals surface area contributed by atoms with Crippen molar-refractivity contribution in [1.82, 2.24) is 0 Å². The van der Waals surface area contributed by atoms with Crippen molar-refractivity contribution in [1.29, 1.82) is 0 Å². The van der Waals surface area contributed by atoms with Crippen molar-refractivity contribution < 1.29 is 5.11 Å². The molecule has 0 radical (unpaired) electrons. The average Bonchev–Trinajstić information content (AvgIpc) is 2.09. The predicted molar refractivity (Wildman–Crippen MR) is 52.0 cm³/mol. The molecule has 1 rings (SSSR count). The summed E-state index contributed by atoms with van der Waals surface area (Å²) < 4.78 is 0. The molecule has 12 heavy (non-hydrogen) atoms. The maximum atomic E-state index is 9.62. The minimum absolute atomic E-state index is 0.0631. The van der Waals surface area contributed by atoms with Gasteiger partial charge in [0.25, 0.3) is 0 Å². The monoisotopic (exact) mass is 168 g/mol. The number of rotatable bonds is 4. The Bertz CT molecular complexity index is 140. The molecule has 2 atom stereocenters. The summed E-state index contributed by atoms with van der Waals surface area (Å²) in [7, 11) is 0. The Labute approximate surface area is 75.5 Å². The highest BCUT2D eigenvalue weighted by Crippen LogP contribution is 2.23. The summed E-state index contributed by atoms with van der Waals surface area (Å²) in [6, 6.07) is 0. The van der Waals surface area contributed by atoms with Gasteiger partial charge in [-0.25, -0.2) is 0 Å². The first-order chi connectivity index (χ1) is 5.84. The van der Waals surface area contributed by atoms with Gasteiger partial charge < -0.3 is 5.11 Å². The smallest absolute Gasteiger partial charge is 0.0605 e. The van der Waals surface area contributed by atoms with Crippen molar-refractivity contribution in [3.05, 3.63) is 12.2 Å². The molecule has 0 aromatic rings. The number of allylic oxidation sites excluding steroid dienone is 1. The van der Waals surface area contributed by atoms with Crippen molar-refractivity contribution >= 4 is 0 Å². The molecular formula is C11H20O. The van der Waals surface area contributed by atoms with Gasteiger partial charge in [0.05, 0.1) is 6.10 Å². The van der Waals surface area contributed by atoms with Gasteiger partial charge in [0, 0.05) is 5.92 Å². The topological polar surface area (TPSA) is 20.2 Å². The van der Waals surface area contributed by atoms with Gasteiger partial charge in [-0.15, -0.1) is 0 Å². The van der Waals surface area contributed by atoms with Gasteiger partial charge in [0.1, 0.15) is 0 Å². The van der Waals surface area contributed by atoms with E-state index in [4.69, 9.17) is 0 Å². The van der Waals surface area contributed by atoms with Crippen molar-refractivity contribution in [3.63, 3.8) is 0 Å². The number of aliphatic hydroxyl groups excluding tert-OH is 1. The molecule has 70 valence electrons. The van der Waals surface area contributed by atoms with Crippen LogP contribution >= 0.6 is 0 Å². The van der Waals surface area contributed by atoms with Gasteiger partial charge in [-0.05, 0) is 19.3 Å². The molecule has 0 aromatic carbocycles. The summed E-state index contributed by atoms with van der Waals surface area (Å²) in [5.41, 5.74) is 0. The molecule has 0 unspecified atom stereocenters. The number of aliphatic hydroxyl groups is 1. The standard InChI is InChI=1S/C11H20O/c1-2-3-4-7-10-8-5-6-9-11(10)12/h5,8,10-12H,2-4,6-7,9H2,1H3/t10-,11+/m0/s1. The van der Waals surface area contributed by atoms with E-state index in [0.717, 1.165) is 12.8 Å².